The van der Waals surface area contributed by atoms with Gasteiger partial charge in [0.25, 0.3) is 11.5 Å². The zero-order valence-electron chi connectivity index (χ0n) is 14.9. The second-order valence-electron chi connectivity index (χ2n) is 6.93. The Kier molecular flexibility index (Phi) is 4.64. The molecule has 1 amide bonds. The quantitative estimate of drug-likeness (QED) is 0.665. The van der Waals surface area contributed by atoms with E-state index < -0.39 is 0 Å². The fourth-order valence-corrected chi connectivity index (χ4v) is 3.61. The Morgan fingerprint density at radius 3 is 2.59 bits per heavy atom. The van der Waals surface area contributed by atoms with Crippen LogP contribution in [-0.2, 0) is 6.54 Å². The molecule has 1 aromatic heterocycles. The van der Waals surface area contributed by atoms with Gasteiger partial charge < -0.3 is 15.7 Å². The maximum Gasteiger partial charge on any atom is 0.264 e. The van der Waals surface area contributed by atoms with Crippen molar-refractivity contribution in [3.8, 4) is 11.1 Å². The molecule has 27 heavy (non-hydrogen) atoms. The van der Waals surface area contributed by atoms with E-state index >= 15 is 0 Å². The fraction of sp³-hybridized carbons (Fsp3) is 0.238. The second-order valence-corrected chi connectivity index (χ2v) is 6.93. The molecule has 1 atom stereocenters. The topological polar surface area (TPSA) is 95.0 Å². The summed E-state index contributed by atoms with van der Waals surface area (Å²) < 4.78 is 0. The van der Waals surface area contributed by atoms with Gasteiger partial charge in [-0.2, -0.15) is 0 Å². The van der Waals surface area contributed by atoms with E-state index in [4.69, 9.17) is 5.73 Å². The highest BCUT2D eigenvalue weighted by Gasteiger charge is 2.29. The lowest BCUT2D eigenvalue weighted by Gasteiger charge is -2.17. The van der Waals surface area contributed by atoms with E-state index in [0.717, 1.165) is 28.8 Å². The van der Waals surface area contributed by atoms with Crippen molar-refractivity contribution in [2.45, 2.75) is 18.9 Å². The lowest BCUT2D eigenvalue weighted by Crippen LogP contribution is -2.28. The molecule has 4 N–H and O–H groups in total. The summed E-state index contributed by atoms with van der Waals surface area (Å²) >= 11 is 0. The molecule has 0 radical (unpaired) electrons. The molecule has 4 rings (SSSR count). The van der Waals surface area contributed by atoms with Gasteiger partial charge in [-0.1, -0.05) is 36.4 Å². The number of carbonyl (C=O) groups excluding carboxylic acids is 1. The molecular weight excluding hydrogens is 340 g/mol. The van der Waals surface area contributed by atoms with Crippen LogP contribution in [0.15, 0.2) is 59.4 Å². The molecule has 3 aromatic rings. The summed E-state index contributed by atoms with van der Waals surface area (Å²) in [7, 11) is 0. The minimum absolute atomic E-state index is 0.0239. The molecule has 0 aliphatic carbocycles. The van der Waals surface area contributed by atoms with Crippen molar-refractivity contribution in [2.75, 3.05) is 13.1 Å². The van der Waals surface area contributed by atoms with Gasteiger partial charge in [0.2, 0.25) is 0 Å². The van der Waals surface area contributed by atoms with Crippen LogP contribution in [0.1, 0.15) is 34.0 Å². The van der Waals surface area contributed by atoms with Crippen molar-refractivity contribution < 1.29 is 4.79 Å². The molecule has 6 nitrogen and oxygen atoms in total. The highest BCUT2D eigenvalue weighted by atomic mass is 16.2. The predicted molar refractivity (Wildman–Crippen MR) is 104 cm³/mol. The lowest BCUT2D eigenvalue weighted by molar-refractivity contribution is 0.0790. The van der Waals surface area contributed by atoms with Crippen LogP contribution in [0, 0.1) is 0 Å². The summed E-state index contributed by atoms with van der Waals surface area (Å²) in [6.07, 6.45) is 0.847. The second kappa shape index (κ2) is 7.25. The summed E-state index contributed by atoms with van der Waals surface area (Å²) in [5.74, 6) is 0.190. The van der Waals surface area contributed by atoms with Crippen molar-refractivity contribution in [1.82, 2.24) is 15.1 Å². The van der Waals surface area contributed by atoms with Crippen LogP contribution in [0.4, 0.5) is 0 Å². The fourth-order valence-electron chi connectivity index (χ4n) is 3.61. The van der Waals surface area contributed by atoms with Crippen LogP contribution in [0.5, 0.6) is 0 Å². The number of hydrogen-bond donors (Lipinski definition) is 3. The Morgan fingerprint density at radius 2 is 1.89 bits per heavy atom. The van der Waals surface area contributed by atoms with Gasteiger partial charge in [-0.05, 0) is 35.2 Å². The summed E-state index contributed by atoms with van der Waals surface area (Å²) in [5, 5.41) is 5.47. The molecule has 0 saturated carbocycles. The first-order valence-electron chi connectivity index (χ1n) is 9.10. The Balaban J connectivity index is 1.51. The molecule has 1 aliphatic rings. The number of rotatable bonds is 4. The van der Waals surface area contributed by atoms with E-state index in [2.05, 4.69) is 10.2 Å². The minimum Gasteiger partial charge on any atom is -0.338 e. The van der Waals surface area contributed by atoms with Crippen LogP contribution in [0.3, 0.4) is 0 Å². The number of aromatic nitrogens is 2. The zero-order valence-corrected chi connectivity index (χ0v) is 14.9. The van der Waals surface area contributed by atoms with Crippen molar-refractivity contribution in [3.05, 3.63) is 81.8 Å². The molecule has 6 heteroatoms. The van der Waals surface area contributed by atoms with E-state index in [1.807, 2.05) is 53.4 Å². The normalized spacial score (nSPS) is 16.6. The number of H-pyrrole nitrogens is 2. The van der Waals surface area contributed by atoms with Crippen molar-refractivity contribution in [2.24, 2.45) is 5.73 Å². The summed E-state index contributed by atoms with van der Waals surface area (Å²) in [4.78, 5) is 26.1. The maximum atomic E-state index is 12.9. The first kappa shape index (κ1) is 17.3. The third kappa shape index (κ3) is 3.57. The number of nitrogens with zero attached hydrogens (tertiary/aromatic N) is 1. The van der Waals surface area contributed by atoms with Crippen molar-refractivity contribution >= 4 is 5.91 Å². The SMILES string of the molecule is NCc1ccc(-c2cccc(C(=O)N3CCC(c4cc(=O)[nH][nH]4)C3)c2)cc1. The zero-order chi connectivity index (χ0) is 18.8. The molecule has 1 saturated heterocycles. The minimum atomic E-state index is -0.136. The highest BCUT2D eigenvalue weighted by molar-refractivity contribution is 5.95. The Morgan fingerprint density at radius 1 is 1.07 bits per heavy atom. The number of hydrogen-bond acceptors (Lipinski definition) is 3. The van der Waals surface area contributed by atoms with Crippen LogP contribution >= 0.6 is 0 Å². The number of aromatic amines is 2. The third-order valence-corrected chi connectivity index (χ3v) is 5.16. The summed E-state index contributed by atoms with van der Waals surface area (Å²) in [5.41, 5.74) is 10.2. The van der Waals surface area contributed by atoms with E-state index in [1.54, 1.807) is 6.07 Å². The standard InChI is InChI=1S/C21H22N4O2/c22-12-14-4-6-15(7-5-14)16-2-1-3-17(10-16)21(27)25-9-8-18(13-25)19-11-20(26)24-23-19/h1-7,10-11,18H,8-9,12-13,22H2,(H2,23,24,26). The molecule has 0 bridgehead atoms. The van der Waals surface area contributed by atoms with Gasteiger partial charge >= 0.3 is 0 Å². The third-order valence-electron chi connectivity index (χ3n) is 5.16. The summed E-state index contributed by atoms with van der Waals surface area (Å²) in [6, 6.07) is 17.3. The number of nitrogens with two attached hydrogens (primary N) is 1. The van der Waals surface area contributed by atoms with Crippen LogP contribution in [0.2, 0.25) is 0 Å². The molecule has 1 fully saturated rings. The molecular formula is C21H22N4O2. The van der Waals surface area contributed by atoms with Gasteiger partial charge in [-0.3, -0.25) is 14.7 Å². The number of carbonyl (C=O) groups is 1. The lowest BCUT2D eigenvalue weighted by atomic mass is 10.0. The van der Waals surface area contributed by atoms with Crippen LogP contribution in [-0.4, -0.2) is 34.1 Å². The van der Waals surface area contributed by atoms with Gasteiger partial charge in [-0.15, -0.1) is 0 Å². The van der Waals surface area contributed by atoms with E-state index in [0.29, 0.717) is 25.2 Å². The molecule has 1 unspecified atom stereocenters. The van der Waals surface area contributed by atoms with Gasteiger partial charge in [0, 0.05) is 42.9 Å². The van der Waals surface area contributed by atoms with Crippen molar-refractivity contribution in [3.63, 3.8) is 0 Å². The van der Waals surface area contributed by atoms with E-state index in [1.165, 1.54) is 0 Å². The van der Waals surface area contributed by atoms with E-state index in [9.17, 15) is 9.59 Å². The highest BCUT2D eigenvalue weighted by Crippen LogP contribution is 2.27. The molecule has 1 aliphatic heterocycles. The Bertz CT molecular complexity index is 1000. The number of amides is 1. The molecule has 138 valence electrons. The van der Waals surface area contributed by atoms with Gasteiger partial charge in [0.05, 0.1) is 0 Å². The monoisotopic (exact) mass is 362 g/mol. The first-order valence-corrected chi connectivity index (χ1v) is 9.10. The number of benzene rings is 2. The Labute approximate surface area is 157 Å². The van der Waals surface area contributed by atoms with Gasteiger partial charge in [-0.25, -0.2) is 0 Å². The first-order chi connectivity index (χ1) is 13.1. The maximum absolute atomic E-state index is 12.9. The predicted octanol–water partition coefficient (Wildman–Crippen LogP) is 2.46. The van der Waals surface area contributed by atoms with Crippen LogP contribution in [0.25, 0.3) is 11.1 Å². The summed E-state index contributed by atoms with van der Waals surface area (Å²) in [6.45, 7) is 1.82. The molecule has 0 spiro atoms. The Hall–Kier alpha value is -3.12. The largest absolute Gasteiger partial charge is 0.338 e. The van der Waals surface area contributed by atoms with Gasteiger partial charge in [0.1, 0.15) is 0 Å². The van der Waals surface area contributed by atoms with E-state index in [-0.39, 0.29) is 17.4 Å². The number of nitrogens with one attached hydrogen (secondary N) is 2. The average molecular weight is 362 g/mol. The molecule has 2 heterocycles. The average Bonchev–Trinajstić information content (AvgIpc) is 3.37. The molecule has 2 aromatic carbocycles. The van der Waals surface area contributed by atoms with Gasteiger partial charge in [0.15, 0.2) is 0 Å². The van der Waals surface area contributed by atoms with Crippen LogP contribution < -0.4 is 11.3 Å². The number of likely N-dealkylation sites (tertiary alicyclic amines) is 1. The smallest absolute Gasteiger partial charge is 0.264 e. The van der Waals surface area contributed by atoms with Crippen molar-refractivity contribution in [1.29, 1.82) is 0 Å².